The molecule has 24 heavy (non-hydrogen) atoms. The van der Waals surface area contributed by atoms with E-state index < -0.39 is 0 Å². The van der Waals surface area contributed by atoms with Crippen LogP contribution in [0.25, 0.3) is 0 Å². The summed E-state index contributed by atoms with van der Waals surface area (Å²) in [6, 6.07) is 0. The van der Waals surface area contributed by atoms with Crippen molar-refractivity contribution >= 4 is 5.78 Å². The zero-order valence-electron chi connectivity index (χ0n) is 17.3. The minimum atomic E-state index is 0.294. The van der Waals surface area contributed by atoms with Gasteiger partial charge in [-0.25, -0.2) is 0 Å². The molecule has 2 atom stereocenters. The third-order valence-electron chi connectivity index (χ3n) is 4.86. The zero-order valence-corrected chi connectivity index (χ0v) is 17.3. The SMILES string of the molecule is CC(=O)CCC=C(C)CCCC(C)CCCC(C)CCC=C(C)C. The van der Waals surface area contributed by atoms with E-state index in [2.05, 4.69) is 46.8 Å². The fraction of sp³-hybridized carbons (Fsp3) is 0.783. The molecule has 0 saturated heterocycles. The van der Waals surface area contributed by atoms with Crippen molar-refractivity contribution < 1.29 is 4.79 Å². The standard InChI is InChI=1S/C23H42O/c1-19(2)11-7-12-20(3)13-8-14-21(4)15-9-16-22(5)17-10-18-23(6)24/h11,17,20-21H,7-10,12-16,18H2,1-6H3. The second kappa shape index (κ2) is 14.5. The third-order valence-corrected chi connectivity index (χ3v) is 4.86. The van der Waals surface area contributed by atoms with Crippen LogP contribution in [-0.2, 0) is 4.79 Å². The molecule has 0 aliphatic carbocycles. The second-order valence-corrected chi connectivity index (χ2v) is 8.18. The van der Waals surface area contributed by atoms with Gasteiger partial charge in [0.25, 0.3) is 0 Å². The summed E-state index contributed by atoms with van der Waals surface area (Å²) in [7, 11) is 0. The average molecular weight is 335 g/mol. The lowest BCUT2D eigenvalue weighted by molar-refractivity contribution is -0.116. The van der Waals surface area contributed by atoms with Crippen LogP contribution in [-0.4, -0.2) is 5.78 Å². The van der Waals surface area contributed by atoms with Crippen LogP contribution in [0.2, 0.25) is 0 Å². The van der Waals surface area contributed by atoms with Gasteiger partial charge in [-0.3, -0.25) is 0 Å². The molecule has 1 nitrogen and oxygen atoms in total. The minimum absolute atomic E-state index is 0.294. The number of hydrogen-bond donors (Lipinski definition) is 0. The van der Waals surface area contributed by atoms with E-state index in [0.717, 1.165) is 18.3 Å². The molecule has 2 unspecified atom stereocenters. The lowest BCUT2D eigenvalue weighted by Gasteiger charge is -2.14. The summed E-state index contributed by atoms with van der Waals surface area (Å²) in [6.45, 7) is 13.1. The van der Waals surface area contributed by atoms with Crippen LogP contribution in [0.4, 0.5) is 0 Å². The van der Waals surface area contributed by atoms with Crippen LogP contribution in [0.5, 0.6) is 0 Å². The van der Waals surface area contributed by atoms with Crippen LogP contribution in [0.1, 0.15) is 106 Å². The van der Waals surface area contributed by atoms with Crippen LogP contribution in [0.3, 0.4) is 0 Å². The molecule has 0 saturated carbocycles. The Morgan fingerprint density at radius 3 is 1.92 bits per heavy atom. The van der Waals surface area contributed by atoms with Gasteiger partial charge in [-0.1, -0.05) is 62.8 Å². The highest BCUT2D eigenvalue weighted by Crippen LogP contribution is 2.21. The maximum Gasteiger partial charge on any atom is 0.130 e. The topological polar surface area (TPSA) is 17.1 Å². The van der Waals surface area contributed by atoms with Crippen molar-refractivity contribution in [3.05, 3.63) is 23.3 Å². The van der Waals surface area contributed by atoms with E-state index in [-0.39, 0.29) is 0 Å². The molecular weight excluding hydrogens is 292 g/mol. The van der Waals surface area contributed by atoms with Crippen LogP contribution in [0, 0.1) is 11.8 Å². The highest BCUT2D eigenvalue weighted by molar-refractivity contribution is 5.75. The quantitative estimate of drug-likeness (QED) is 0.298. The van der Waals surface area contributed by atoms with Gasteiger partial charge in [0.15, 0.2) is 0 Å². The molecule has 0 aliphatic heterocycles. The van der Waals surface area contributed by atoms with E-state index in [1.54, 1.807) is 6.92 Å². The van der Waals surface area contributed by atoms with Gasteiger partial charge in [0, 0.05) is 6.42 Å². The molecule has 0 N–H and O–H groups in total. The zero-order chi connectivity index (χ0) is 18.4. The predicted molar refractivity (Wildman–Crippen MR) is 108 cm³/mol. The monoisotopic (exact) mass is 334 g/mol. The predicted octanol–water partition coefficient (Wildman–Crippen LogP) is 7.66. The maximum absolute atomic E-state index is 10.9. The number of Topliss-reactive ketones (excluding diaryl/α,β-unsaturated/α-hetero) is 1. The number of carbonyl (C=O) groups is 1. The van der Waals surface area contributed by atoms with E-state index in [1.807, 2.05) is 0 Å². The molecule has 0 spiro atoms. The van der Waals surface area contributed by atoms with Crippen molar-refractivity contribution in [2.45, 2.75) is 106 Å². The summed E-state index contributed by atoms with van der Waals surface area (Å²) in [5.74, 6) is 2.00. The first-order chi connectivity index (χ1) is 11.3. The Kier molecular flexibility index (Phi) is 14.0. The Hall–Kier alpha value is -0.850. The molecule has 0 rings (SSSR count). The van der Waals surface area contributed by atoms with Crippen molar-refractivity contribution in [2.75, 3.05) is 0 Å². The van der Waals surface area contributed by atoms with Crippen molar-refractivity contribution in [3.63, 3.8) is 0 Å². The number of allylic oxidation sites excluding steroid dienone is 4. The summed E-state index contributed by atoms with van der Waals surface area (Å²) in [6.07, 6.45) is 16.8. The molecule has 0 aromatic rings. The Balaban J connectivity index is 3.67. The first-order valence-electron chi connectivity index (χ1n) is 10.1. The summed E-state index contributed by atoms with van der Waals surface area (Å²) in [5.41, 5.74) is 2.90. The molecule has 0 aromatic carbocycles. The molecule has 0 aromatic heterocycles. The van der Waals surface area contributed by atoms with Crippen LogP contribution < -0.4 is 0 Å². The van der Waals surface area contributed by atoms with Gasteiger partial charge in [-0.2, -0.15) is 0 Å². The lowest BCUT2D eigenvalue weighted by atomic mass is 9.92. The fourth-order valence-corrected chi connectivity index (χ4v) is 3.11. The summed E-state index contributed by atoms with van der Waals surface area (Å²) >= 11 is 0. The van der Waals surface area contributed by atoms with Crippen LogP contribution >= 0.6 is 0 Å². The van der Waals surface area contributed by atoms with Gasteiger partial charge in [0.05, 0.1) is 0 Å². The van der Waals surface area contributed by atoms with Crippen molar-refractivity contribution in [1.29, 1.82) is 0 Å². The van der Waals surface area contributed by atoms with Crippen molar-refractivity contribution in [1.82, 2.24) is 0 Å². The molecule has 0 bridgehead atoms. The summed E-state index contributed by atoms with van der Waals surface area (Å²) < 4.78 is 0. The summed E-state index contributed by atoms with van der Waals surface area (Å²) in [4.78, 5) is 10.9. The molecule has 0 aliphatic rings. The van der Waals surface area contributed by atoms with Gasteiger partial charge in [-0.05, 0) is 71.6 Å². The van der Waals surface area contributed by atoms with Gasteiger partial charge in [-0.15, -0.1) is 0 Å². The Morgan fingerprint density at radius 1 is 0.750 bits per heavy atom. The van der Waals surface area contributed by atoms with Crippen molar-refractivity contribution in [3.8, 4) is 0 Å². The molecular formula is C23H42O. The Morgan fingerprint density at radius 2 is 1.33 bits per heavy atom. The molecule has 140 valence electrons. The average Bonchev–Trinajstić information content (AvgIpc) is 2.46. The van der Waals surface area contributed by atoms with Crippen molar-refractivity contribution in [2.24, 2.45) is 11.8 Å². The van der Waals surface area contributed by atoms with Gasteiger partial charge in [0.1, 0.15) is 5.78 Å². The smallest absolute Gasteiger partial charge is 0.130 e. The van der Waals surface area contributed by atoms with E-state index in [1.165, 1.54) is 62.5 Å². The number of ketones is 1. The highest BCUT2D eigenvalue weighted by atomic mass is 16.1. The molecule has 0 fully saturated rings. The fourth-order valence-electron chi connectivity index (χ4n) is 3.11. The number of hydrogen-bond acceptors (Lipinski definition) is 1. The van der Waals surface area contributed by atoms with E-state index in [4.69, 9.17) is 0 Å². The lowest BCUT2D eigenvalue weighted by Crippen LogP contribution is -1.99. The van der Waals surface area contributed by atoms with E-state index in [0.29, 0.717) is 12.2 Å². The third kappa shape index (κ3) is 16.0. The highest BCUT2D eigenvalue weighted by Gasteiger charge is 2.05. The maximum atomic E-state index is 10.9. The first kappa shape index (κ1) is 23.1. The minimum Gasteiger partial charge on any atom is -0.300 e. The van der Waals surface area contributed by atoms with Gasteiger partial charge >= 0.3 is 0 Å². The Bertz CT molecular complexity index is 385. The molecule has 0 amide bonds. The van der Waals surface area contributed by atoms with Crippen LogP contribution in [0.15, 0.2) is 23.3 Å². The molecule has 1 heteroatoms. The van der Waals surface area contributed by atoms with Gasteiger partial charge in [0.2, 0.25) is 0 Å². The molecule has 0 heterocycles. The largest absolute Gasteiger partial charge is 0.300 e. The summed E-state index contributed by atoms with van der Waals surface area (Å²) in [5, 5.41) is 0. The second-order valence-electron chi connectivity index (χ2n) is 8.18. The number of rotatable bonds is 14. The first-order valence-corrected chi connectivity index (χ1v) is 10.1. The van der Waals surface area contributed by atoms with E-state index >= 15 is 0 Å². The van der Waals surface area contributed by atoms with E-state index in [9.17, 15) is 4.79 Å². The van der Waals surface area contributed by atoms with Gasteiger partial charge < -0.3 is 4.79 Å². The Labute approximate surface area is 152 Å². The molecule has 0 radical (unpaired) electrons. The normalized spacial score (nSPS) is 14.3. The number of carbonyl (C=O) groups excluding carboxylic acids is 1.